The van der Waals surface area contributed by atoms with Gasteiger partial charge < -0.3 is 5.32 Å². The van der Waals surface area contributed by atoms with Crippen molar-refractivity contribution >= 4 is 0 Å². The van der Waals surface area contributed by atoms with Crippen LogP contribution in [0.5, 0.6) is 0 Å². The molecule has 0 amide bonds. The van der Waals surface area contributed by atoms with Gasteiger partial charge in [0.05, 0.1) is 18.4 Å². The minimum atomic E-state index is -4.11. The minimum Gasteiger partial charge on any atom is -0.312 e. The molecule has 5 heteroatoms. The van der Waals surface area contributed by atoms with Crippen LogP contribution in [0.4, 0.5) is 13.2 Å². The molecule has 2 nitrogen and oxygen atoms in total. The molecule has 1 N–H and O–H groups in total. The molecule has 1 saturated heterocycles. The predicted molar refractivity (Wildman–Crippen MR) is 36.2 cm³/mol. The van der Waals surface area contributed by atoms with E-state index in [2.05, 4.69) is 5.32 Å². The number of hydrogen-bond donors (Lipinski definition) is 1. The summed E-state index contributed by atoms with van der Waals surface area (Å²) in [5.41, 5.74) is 0. The normalized spacial score (nSPS) is 30.2. The summed E-state index contributed by atoms with van der Waals surface area (Å²) in [5, 5.41) is 10.9. The van der Waals surface area contributed by atoms with E-state index >= 15 is 0 Å². The van der Waals surface area contributed by atoms with Gasteiger partial charge in [0.25, 0.3) is 0 Å². The number of alkyl halides is 3. The summed E-state index contributed by atoms with van der Waals surface area (Å²) in [6.45, 7) is -0.0458. The summed E-state index contributed by atoms with van der Waals surface area (Å²) < 4.78 is 36.2. The Hall–Kier alpha value is -0.760. The molecule has 0 aromatic heterocycles. The molecule has 0 aliphatic carbocycles. The van der Waals surface area contributed by atoms with Crippen LogP contribution in [0.2, 0.25) is 0 Å². The molecule has 2 atom stereocenters. The highest BCUT2D eigenvalue weighted by atomic mass is 19.4. The van der Waals surface area contributed by atoms with Crippen molar-refractivity contribution in [3.8, 4) is 6.07 Å². The monoisotopic (exact) mass is 178 g/mol. The van der Waals surface area contributed by atoms with E-state index in [1.165, 1.54) is 0 Å². The van der Waals surface area contributed by atoms with E-state index in [9.17, 15) is 13.2 Å². The molecule has 0 spiro atoms. The molecule has 0 bridgehead atoms. The Kier molecular flexibility index (Phi) is 2.58. The van der Waals surface area contributed by atoms with Gasteiger partial charge in [-0.05, 0) is 6.42 Å². The first-order valence-electron chi connectivity index (χ1n) is 3.71. The number of nitrogens with one attached hydrogen (secondary N) is 1. The highest BCUT2D eigenvalue weighted by molar-refractivity contribution is 4.90. The van der Waals surface area contributed by atoms with Gasteiger partial charge in [0.1, 0.15) is 0 Å². The molecule has 0 unspecified atom stereocenters. The lowest BCUT2D eigenvalue weighted by Gasteiger charge is -2.12. The van der Waals surface area contributed by atoms with Crippen molar-refractivity contribution < 1.29 is 13.2 Å². The van der Waals surface area contributed by atoms with Crippen LogP contribution < -0.4 is 5.32 Å². The second kappa shape index (κ2) is 3.31. The SMILES string of the molecule is N#CC[C@H]1C[C@@H](C(F)(F)F)CN1. The van der Waals surface area contributed by atoms with E-state index in [1.54, 1.807) is 0 Å². The van der Waals surface area contributed by atoms with Crippen molar-refractivity contribution in [1.82, 2.24) is 5.32 Å². The lowest BCUT2D eigenvalue weighted by atomic mass is 10.0. The Balaban J connectivity index is 2.42. The number of nitrogens with zero attached hydrogens (tertiary/aromatic N) is 1. The molecule has 1 heterocycles. The topological polar surface area (TPSA) is 35.8 Å². The summed E-state index contributed by atoms with van der Waals surface area (Å²) in [5.74, 6) is -1.27. The first-order valence-corrected chi connectivity index (χ1v) is 3.71. The zero-order valence-corrected chi connectivity index (χ0v) is 6.36. The van der Waals surface area contributed by atoms with E-state index in [0.29, 0.717) is 0 Å². The maximum atomic E-state index is 12.1. The number of rotatable bonds is 1. The van der Waals surface area contributed by atoms with E-state index in [-0.39, 0.29) is 25.4 Å². The molecule has 1 rings (SSSR count). The Morgan fingerprint density at radius 1 is 1.50 bits per heavy atom. The predicted octanol–water partition coefficient (Wildman–Crippen LogP) is 1.44. The highest BCUT2D eigenvalue weighted by Gasteiger charge is 2.43. The van der Waals surface area contributed by atoms with Crippen LogP contribution in [0.3, 0.4) is 0 Å². The molecule has 1 aliphatic heterocycles. The molecule has 1 aliphatic rings. The quantitative estimate of drug-likeness (QED) is 0.659. The summed E-state index contributed by atoms with van der Waals surface area (Å²) >= 11 is 0. The van der Waals surface area contributed by atoms with Gasteiger partial charge in [-0.3, -0.25) is 0 Å². The third-order valence-corrected chi connectivity index (χ3v) is 2.02. The van der Waals surface area contributed by atoms with E-state index in [0.717, 1.165) is 0 Å². The van der Waals surface area contributed by atoms with Gasteiger partial charge in [-0.15, -0.1) is 0 Å². The van der Waals surface area contributed by atoms with Crippen LogP contribution in [-0.4, -0.2) is 18.8 Å². The van der Waals surface area contributed by atoms with Crippen molar-refractivity contribution in [2.45, 2.75) is 25.1 Å². The van der Waals surface area contributed by atoms with Gasteiger partial charge in [-0.2, -0.15) is 18.4 Å². The van der Waals surface area contributed by atoms with E-state index < -0.39 is 12.1 Å². The van der Waals surface area contributed by atoms with E-state index in [4.69, 9.17) is 5.26 Å². The standard InChI is InChI=1S/C7H9F3N2/c8-7(9,10)5-3-6(1-2-11)12-4-5/h5-6,12H,1,3-4H2/t5-,6+/m1/s1. The minimum absolute atomic E-state index is 0.0388. The summed E-state index contributed by atoms with van der Waals surface area (Å²) in [6, 6.07) is 1.58. The van der Waals surface area contributed by atoms with Crippen molar-refractivity contribution in [2.75, 3.05) is 6.54 Å². The van der Waals surface area contributed by atoms with Crippen LogP contribution >= 0.6 is 0 Å². The van der Waals surface area contributed by atoms with Gasteiger partial charge in [0.15, 0.2) is 0 Å². The summed E-state index contributed by atoms with van der Waals surface area (Å²) in [6.07, 6.45) is -3.92. The average molecular weight is 178 g/mol. The van der Waals surface area contributed by atoms with Gasteiger partial charge in [-0.25, -0.2) is 0 Å². The molecular formula is C7H9F3N2. The fourth-order valence-electron chi connectivity index (χ4n) is 1.33. The van der Waals surface area contributed by atoms with Crippen molar-refractivity contribution in [3.63, 3.8) is 0 Å². The summed E-state index contributed by atoms with van der Waals surface area (Å²) in [7, 11) is 0. The fraction of sp³-hybridized carbons (Fsp3) is 0.857. The first-order chi connectivity index (χ1) is 5.54. The zero-order valence-electron chi connectivity index (χ0n) is 6.36. The molecular weight excluding hydrogens is 169 g/mol. The molecule has 0 aromatic rings. The van der Waals surface area contributed by atoms with Crippen LogP contribution in [0.25, 0.3) is 0 Å². The van der Waals surface area contributed by atoms with Gasteiger partial charge in [-0.1, -0.05) is 0 Å². The number of hydrogen-bond acceptors (Lipinski definition) is 2. The third kappa shape index (κ3) is 2.11. The fourth-order valence-corrected chi connectivity index (χ4v) is 1.33. The Morgan fingerprint density at radius 2 is 2.17 bits per heavy atom. The van der Waals surface area contributed by atoms with E-state index in [1.807, 2.05) is 6.07 Å². The largest absolute Gasteiger partial charge is 0.393 e. The second-order valence-electron chi connectivity index (χ2n) is 2.94. The molecule has 1 fully saturated rings. The van der Waals surface area contributed by atoms with Crippen LogP contribution in [0, 0.1) is 17.2 Å². The number of nitriles is 1. The lowest BCUT2D eigenvalue weighted by Crippen LogP contribution is -2.24. The maximum absolute atomic E-state index is 12.1. The maximum Gasteiger partial charge on any atom is 0.393 e. The zero-order chi connectivity index (χ0) is 9.19. The third-order valence-electron chi connectivity index (χ3n) is 2.02. The van der Waals surface area contributed by atoms with Crippen LogP contribution in [0.15, 0.2) is 0 Å². The molecule has 0 aromatic carbocycles. The molecule has 0 saturated carbocycles. The van der Waals surface area contributed by atoms with Crippen LogP contribution in [0.1, 0.15) is 12.8 Å². The van der Waals surface area contributed by atoms with Gasteiger partial charge in [0.2, 0.25) is 0 Å². The molecule has 0 radical (unpaired) electrons. The Labute approximate surface area is 68.4 Å². The molecule has 12 heavy (non-hydrogen) atoms. The average Bonchev–Trinajstić information content (AvgIpc) is 2.35. The highest BCUT2D eigenvalue weighted by Crippen LogP contribution is 2.32. The van der Waals surface area contributed by atoms with Crippen LogP contribution in [-0.2, 0) is 0 Å². The van der Waals surface area contributed by atoms with Crippen molar-refractivity contribution in [3.05, 3.63) is 0 Å². The number of halogens is 3. The first kappa shape index (κ1) is 9.33. The summed E-state index contributed by atoms with van der Waals surface area (Å²) in [4.78, 5) is 0. The second-order valence-corrected chi connectivity index (χ2v) is 2.94. The Morgan fingerprint density at radius 3 is 2.58 bits per heavy atom. The van der Waals surface area contributed by atoms with Crippen molar-refractivity contribution in [2.24, 2.45) is 5.92 Å². The van der Waals surface area contributed by atoms with Gasteiger partial charge >= 0.3 is 6.18 Å². The molecule has 68 valence electrons. The smallest absolute Gasteiger partial charge is 0.312 e. The van der Waals surface area contributed by atoms with Gasteiger partial charge in [0, 0.05) is 12.6 Å². The van der Waals surface area contributed by atoms with Crippen molar-refractivity contribution in [1.29, 1.82) is 5.26 Å². The lowest BCUT2D eigenvalue weighted by molar-refractivity contribution is -0.169. The Bertz CT molecular complexity index is 194.